The zero-order valence-electron chi connectivity index (χ0n) is 13.9. The number of nitrogens with zero attached hydrogens (tertiary/aromatic N) is 2. The molecule has 134 valence electrons. The highest BCUT2D eigenvalue weighted by atomic mass is 32.2. The first-order valence-electron chi connectivity index (χ1n) is 8.00. The van der Waals surface area contributed by atoms with Crippen LogP contribution in [-0.2, 0) is 14.8 Å². The molecule has 1 heterocycles. The molecule has 1 fully saturated rings. The van der Waals surface area contributed by atoms with Gasteiger partial charge in [-0.3, -0.25) is 9.52 Å². The minimum absolute atomic E-state index is 0.0148. The van der Waals surface area contributed by atoms with Crippen LogP contribution in [-0.4, -0.2) is 45.5 Å². The number of amides is 1. The average molecular weight is 371 g/mol. The molecule has 1 aliphatic rings. The lowest BCUT2D eigenvalue weighted by Gasteiger charge is -2.27. The van der Waals surface area contributed by atoms with Crippen LogP contribution < -0.4 is 4.72 Å². The average Bonchev–Trinajstić information content (AvgIpc) is 2.68. The number of anilines is 1. The van der Waals surface area contributed by atoms with Crippen molar-refractivity contribution in [3.05, 3.63) is 59.7 Å². The van der Waals surface area contributed by atoms with E-state index in [1.807, 2.05) is 6.07 Å². The summed E-state index contributed by atoms with van der Waals surface area (Å²) in [5.74, 6) is -0.225. The fourth-order valence-electron chi connectivity index (χ4n) is 2.61. The largest absolute Gasteiger partial charge is 0.378 e. The first kappa shape index (κ1) is 17.9. The zero-order chi connectivity index (χ0) is 18.6. The molecule has 1 aliphatic heterocycles. The number of carbonyl (C=O) groups is 1. The van der Waals surface area contributed by atoms with Crippen molar-refractivity contribution in [3.63, 3.8) is 0 Å². The van der Waals surface area contributed by atoms with Gasteiger partial charge in [-0.15, -0.1) is 0 Å². The van der Waals surface area contributed by atoms with Crippen molar-refractivity contribution >= 4 is 21.6 Å². The van der Waals surface area contributed by atoms with E-state index in [4.69, 9.17) is 10.00 Å². The maximum absolute atomic E-state index is 12.6. The fourth-order valence-corrected chi connectivity index (χ4v) is 3.71. The second-order valence-electron chi connectivity index (χ2n) is 5.73. The second kappa shape index (κ2) is 7.56. The minimum Gasteiger partial charge on any atom is -0.378 e. The Bertz CT molecular complexity index is 960. The number of benzene rings is 2. The fraction of sp³-hybridized carbons (Fsp3) is 0.222. The summed E-state index contributed by atoms with van der Waals surface area (Å²) < 4.78 is 32.9. The molecule has 0 aromatic heterocycles. The Hall–Kier alpha value is -2.89. The van der Waals surface area contributed by atoms with Crippen LogP contribution in [0.15, 0.2) is 53.4 Å². The molecule has 1 amide bonds. The van der Waals surface area contributed by atoms with Gasteiger partial charge in [0, 0.05) is 18.7 Å². The number of morpholine rings is 1. The Morgan fingerprint density at radius 2 is 1.85 bits per heavy atom. The van der Waals surface area contributed by atoms with Crippen LogP contribution in [0, 0.1) is 11.3 Å². The van der Waals surface area contributed by atoms with Crippen molar-refractivity contribution in [3.8, 4) is 6.07 Å². The predicted molar refractivity (Wildman–Crippen MR) is 95.1 cm³/mol. The summed E-state index contributed by atoms with van der Waals surface area (Å²) in [6.07, 6.45) is 0. The Balaban J connectivity index is 1.84. The summed E-state index contributed by atoms with van der Waals surface area (Å²) in [6.45, 7) is 1.91. The molecule has 8 heteroatoms. The third kappa shape index (κ3) is 4.02. The van der Waals surface area contributed by atoms with Gasteiger partial charge in [-0.1, -0.05) is 12.1 Å². The van der Waals surface area contributed by atoms with E-state index in [1.165, 1.54) is 24.3 Å². The van der Waals surface area contributed by atoms with E-state index in [1.54, 1.807) is 29.2 Å². The van der Waals surface area contributed by atoms with Gasteiger partial charge in [0.1, 0.15) is 0 Å². The maximum Gasteiger partial charge on any atom is 0.261 e. The van der Waals surface area contributed by atoms with Gasteiger partial charge < -0.3 is 9.64 Å². The number of nitrogens with one attached hydrogen (secondary N) is 1. The molecule has 0 aliphatic carbocycles. The molecule has 2 aromatic rings. The van der Waals surface area contributed by atoms with Crippen molar-refractivity contribution in [2.45, 2.75) is 4.90 Å². The molecule has 2 aromatic carbocycles. The van der Waals surface area contributed by atoms with Gasteiger partial charge in [0.15, 0.2) is 0 Å². The van der Waals surface area contributed by atoms with Gasteiger partial charge in [-0.2, -0.15) is 5.26 Å². The zero-order valence-corrected chi connectivity index (χ0v) is 14.7. The first-order chi connectivity index (χ1) is 12.5. The lowest BCUT2D eigenvalue weighted by atomic mass is 10.2. The molecule has 0 atom stereocenters. The third-order valence-corrected chi connectivity index (χ3v) is 5.31. The van der Waals surface area contributed by atoms with Crippen LogP contribution in [0.2, 0.25) is 0 Å². The first-order valence-corrected chi connectivity index (χ1v) is 9.48. The molecular formula is C18H17N3O4S. The molecule has 0 spiro atoms. The number of nitriles is 1. The van der Waals surface area contributed by atoms with E-state index in [9.17, 15) is 13.2 Å². The third-order valence-electron chi connectivity index (χ3n) is 3.93. The van der Waals surface area contributed by atoms with Crippen LogP contribution in [0.25, 0.3) is 0 Å². The minimum atomic E-state index is -3.88. The molecule has 1 saturated heterocycles. The summed E-state index contributed by atoms with van der Waals surface area (Å²) in [6, 6.07) is 14.0. The number of carbonyl (C=O) groups excluding carboxylic acids is 1. The highest BCUT2D eigenvalue weighted by Gasteiger charge is 2.21. The number of hydrogen-bond donors (Lipinski definition) is 1. The SMILES string of the molecule is N#Cc1cccc(NS(=O)(=O)c2cccc(C(=O)N3CCOCC3)c2)c1. The Morgan fingerprint density at radius 3 is 2.58 bits per heavy atom. The summed E-state index contributed by atoms with van der Waals surface area (Å²) >= 11 is 0. The molecule has 7 nitrogen and oxygen atoms in total. The van der Waals surface area contributed by atoms with E-state index >= 15 is 0 Å². The predicted octanol–water partition coefficient (Wildman–Crippen LogP) is 1.83. The summed E-state index contributed by atoms with van der Waals surface area (Å²) in [5.41, 5.74) is 0.941. The quantitative estimate of drug-likeness (QED) is 0.884. The van der Waals surface area contributed by atoms with E-state index in [-0.39, 0.29) is 16.5 Å². The van der Waals surface area contributed by atoms with Crippen LogP contribution >= 0.6 is 0 Å². The normalized spacial score (nSPS) is 14.5. The van der Waals surface area contributed by atoms with Gasteiger partial charge in [0.2, 0.25) is 0 Å². The molecule has 0 saturated carbocycles. The van der Waals surface area contributed by atoms with Gasteiger partial charge in [0.25, 0.3) is 15.9 Å². The van der Waals surface area contributed by atoms with Gasteiger partial charge in [0.05, 0.1) is 35.4 Å². The monoisotopic (exact) mass is 371 g/mol. The van der Waals surface area contributed by atoms with Gasteiger partial charge in [-0.05, 0) is 36.4 Å². The Kier molecular flexibility index (Phi) is 5.21. The summed E-state index contributed by atoms with van der Waals surface area (Å²) in [5, 5.41) is 8.92. The molecule has 26 heavy (non-hydrogen) atoms. The van der Waals surface area contributed by atoms with Crippen molar-refractivity contribution in [2.24, 2.45) is 0 Å². The number of sulfonamides is 1. The second-order valence-corrected chi connectivity index (χ2v) is 7.41. The highest BCUT2D eigenvalue weighted by Crippen LogP contribution is 2.19. The number of rotatable bonds is 4. The van der Waals surface area contributed by atoms with Crippen LogP contribution in [0.5, 0.6) is 0 Å². The van der Waals surface area contributed by atoms with Crippen molar-refractivity contribution in [1.29, 1.82) is 5.26 Å². The van der Waals surface area contributed by atoms with E-state index in [0.29, 0.717) is 37.4 Å². The van der Waals surface area contributed by atoms with Crippen molar-refractivity contribution in [2.75, 3.05) is 31.0 Å². The lowest BCUT2D eigenvalue weighted by molar-refractivity contribution is 0.0302. The smallest absolute Gasteiger partial charge is 0.261 e. The molecule has 3 rings (SSSR count). The number of hydrogen-bond acceptors (Lipinski definition) is 5. The topological polar surface area (TPSA) is 99.5 Å². The Morgan fingerprint density at radius 1 is 1.12 bits per heavy atom. The van der Waals surface area contributed by atoms with E-state index in [0.717, 1.165) is 0 Å². The Labute approximate surface area is 151 Å². The van der Waals surface area contributed by atoms with Crippen molar-refractivity contribution in [1.82, 2.24) is 4.90 Å². The molecule has 0 bridgehead atoms. The summed E-state index contributed by atoms with van der Waals surface area (Å²) in [4.78, 5) is 14.2. The van der Waals surface area contributed by atoms with E-state index in [2.05, 4.69) is 4.72 Å². The van der Waals surface area contributed by atoms with E-state index < -0.39 is 10.0 Å². The lowest BCUT2D eigenvalue weighted by Crippen LogP contribution is -2.40. The van der Waals surface area contributed by atoms with Gasteiger partial charge in [-0.25, -0.2) is 8.42 Å². The highest BCUT2D eigenvalue weighted by molar-refractivity contribution is 7.92. The van der Waals surface area contributed by atoms with Crippen LogP contribution in [0.4, 0.5) is 5.69 Å². The maximum atomic E-state index is 12.6. The molecule has 0 unspecified atom stereocenters. The molecule has 1 N–H and O–H groups in total. The standard InChI is InChI=1S/C18H17N3O4S/c19-13-14-3-1-5-16(11-14)20-26(23,24)17-6-2-4-15(12-17)18(22)21-7-9-25-10-8-21/h1-6,11-12,20H,7-10H2. The molecule has 0 radical (unpaired) electrons. The van der Waals surface area contributed by atoms with Gasteiger partial charge >= 0.3 is 0 Å². The number of ether oxygens (including phenoxy) is 1. The van der Waals surface area contributed by atoms with Crippen LogP contribution in [0.3, 0.4) is 0 Å². The van der Waals surface area contributed by atoms with Crippen LogP contribution in [0.1, 0.15) is 15.9 Å². The van der Waals surface area contributed by atoms with Crippen molar-refractivity contribution < 1.29 is 17.9 Å². The molecular weight excluding hydrogens is 354 g/mol. The summed E-state index contributed by atoms with van der Waals surface area (Å²) in [7, 11) is -3.88.